The van der Waals surface area contributed by atoms with Crippen molar-refractivity contribution in [3.05, 3.63) is 0 Å². The number of hydrogen-bond acceptors (Lipinski definition) is 3. The van der Waals surface area contributed by atoms with Gasteiger partial charge in [-0.25, -0.2) is 4.39 Å². The zero-order valence-electron chi connectivity index (χ0n) is 4.26. The molecule has 1 aliphatic rings. The fraction of sp³-hybridized carbons (Fsp3) is 0.750. The molecule has 8 heavy (non-hydrogen) atoms. The Hall–Kier alpha value is 0.720. The molecule has 1 saturated heterocycles. The van der Waals surface area contributed by atoms with Gasteiger partial charge in [0.15, 0.2) is 5.50 Å². The number of halogens is 1. The molecule has 1 aliphatic heterocycles. The highest BCUT2D eigenvalue weighted by Crippen LogP contribution is 2.39. The van der Waals surface area contributed by atoms with Crippen LogP contribution in [0, 0.1) is 0 Å². The van der Waals surface area contributed by atoms with Crippen LogP contribution in [0.25, 0.3) is 0 Å². The summed E-state index contributed by atoms with van der Waals surface area (Å²) in [5, 5.41) is 0.0625. The zero-order valence-corrected chi connectivity index (χ0v) is 6.71. The second kappa shape index (κ2) is 2.54. The van der Waals surface area contributed by atoms with Crippen LogP contribution in [-0.4, -0.2) is 14.3 Å². The summed E-state index contributed by atoms with van der Waals surface area (Å²) in [6, 6.07) is 0. The molecule has 0 N–H and O–H groups in total. The van der Waals surface area contributed by atoms with Crippen LogP contribution < -0.4 is 0 Å². The van der Waals surface area contributed by atoms with Gasteiger partial charge in [0.2, 0.25) is 0 Å². The van der Waals surface area contributed by atoms with Gasteiger partial charge in [0, 0.05) is 5.25 Å². The number of thiocarbonyl (C=S) groups is 1. The zero-order chi connectivity index (χ0) is 6.15. The van der Waals surface area contributed by atoms with Gasteiger partial charge >= 0.3 is 0 Å². The molecule has 46 valence electrons. The first kappa shape index (κ1) is 6.83. The van der Waals surface area contributed by atoms with Gasteiger partial charge in [0.05, 0.1) is 0 Å². The molecule has 0 radical (unpaired) electrons. The minimum absolute atomic E-state index is 0.0625. The summed E-state index contributed by atoms with van der Waals surface area (Å²) in [6.07, 6.45) is 0. The van der Waals surface area contributed by atoms with Crippen LogP contribution in [0.15, 0.2) is 0 Å². The third kappa shape index (κ3) is 1.36. The highest BCUT2D eigenvalue weighted by atomic mass is 32.2. The van der Waals surface area contributed by atoms with Crippen molar-refractivity contribution in [2.75, 3.05) is 0 Å². The van der Waals surface area contributed by atoms with E-state index in [1.165, 1.54) is 11.8 Å². The van der Waals surface area contributed by atoms with Crippen molar-refractivity contribution in [2.24, 2.45) is 0 Å². The standard InChI is InChI=1S/C4H5FS3/c1-2-3(5)8-4(6)7-2/h2-3H,1H3. The Bertz CT molecular complexity index is 102. The van der Waals surface area contributed by atoms with E-state index in [1.54, 1.807) is 0 Å². The van der Waals surface area contributed by atoms with Crippen molar-refractivity contribution in [1.29, 1.82) is 0 Å². The first-order valence-corrected chi connectivity index (χ1v) is 4.38. The predicted molar refractivity (Wildman–Crippen MR) is 42.1 cm³/mol. The number of rotatable bonds is 0. The van der Waals surface area contributed by atoms with Crippen LogP contribution >= 0.6 is 35.7 Å². The smallest absolute Gasteiger partial charge is 0.163 e. The summed E-state index contributed by atoms with van der Waals surface area (Å²) in [5.74, 6) is 0. The van der Waals surface area contributed by atoms with E-state index in [1.807, 2.05) is 6.92 Å². The Morgan fingerprint density at radius 1 is 1.62 bits per heavy atom. The molecule has 1 fully saturated rings. The first-order chi connectivity index (χ1) is 3.70. The van der Waals surface area contributed by atoms with Crippen molar-refractivity contribution < 1.29 is 4.39 Å². The minimum atomic E-state index is -0.771. The maximum Gasteiger partial charge on any atom is 0.163 e. The van der Waals surface area contributed by atoms with E-state index in [0.717, 1.165) is 15.3 Å². The van der Waals surface area contributed by atoms with Crippen LogP contribution in [0.3, 0.4) is 0 Å². The molecule has 0 bridgehead atoms. The maximum atomic E-state index is 12.4. The van der Waals surface area contributed by atoms with Crippen molar-refractivity contribution in [2.45, 2.75) is 17.7 Å². The van der Waals surface area contributed by atoms with Gasteiger partial charge < -0.3 is 0 Å². The van der Waals surface area contributed by atoms with E-state index in [0.29, 0.717) is 0 Å². The van der Waals surface area contributed by atoms with Crippen LogP contribution in [0.2, 0.25) is 0 Å². The van der Waals surface area contributed by atoms with Gasteiger partial charge in [-0.1, -0.05) is 24.0 Å². The molecule has 0 saturated carbocycles. The fourth-order valence-corrected chi connectivity index (χ4v) is 3.22. The predicted octanol–water partition coefficient (Wildman–Crippen LogP) is 2.44. The van der Waals surface area contributed by atoms with Gasteiger partial charge in [-0.15, -0.1) is 11.8 Å². The molecular weight excluding hydrogens is 163 g/mol. The second-order valence-corrected chi connectivity index (χ2v) is 5.21. The summed E-state index contributed by atoms with van der Waals surface area (Å²) in [6.45, 7) is 1.85. The highest BCUT2D eigenvalue weighted by Gasteiger charge is 2.28. The van der Waals surface area contributed by atoms with Crippen molar-refractivity contribution in [3.8, 4) is 0 Å². The maximum absolute atomic E-state index is 12.4. The lowest BCUT2D eigenvalue weighted by Gasteiger charge is -1.97. The number of hydrogen-bond donors (Lipinski definition) is 0. The summed E-state index contributed by atoms with van der Waals surface area (Å²) in [5.41, 5.74) is -0.771. The van der Waals surface area contributed by atoms with Crippen LogP contribution in [0.1, 0.15) is 6.92 Å². The molecule has 2 unspecified atom stereocenters. The normalized spacial score (nSPS) is 38.5. The van der Waals surface area contributed by atoms with Gasteiger partial charge in [0.25, 0.3) is 0 Å². The second-order valence-electron chi connectivity index (χ2n) is 1.54. The molecule has 0 aromatic rings. The summed E-state index contributed by atoms with van der Waals surface area (Å²) < 4.78 is 13.2. The molecule has 0 aromatic carbocycles. The minimum Gasteiger partial charge on any atom is -0.234 e. The lowest BCUT2D eigenvalue weighted by atomic mass is 10.5. The molecule has 0 amide bonds. The molecular formula is C4H5FS3. The quantitative estimate of drug-likeness (QED) is 0.510. The lowest BCUT2D eigenvalue weighted by Crippen LogP contribution is -2.02. The first-order valence-electron chi connectivity index (χ1n) is 2.21. The van der Waals surface area contributed by atoms with Gasteiger partial charge in [-0.3, -0.25) is 0 Å². The van der Waals surface area contributed by atoms with E-state index in [9.17, 15) is 4.39 Å². The third-order valence-electron chi connectivity index (χ3n) is 0.860. The third-order valence-corrected chi connectivity index (χ3v) is 3.82. The van der Waals surface area contributed by atoms with Crippen molar-refractivity contribution in [1.82, 2.24) is 0 Å². The van der Waals surface area contributed by atoms with Gasteiger partial charge in [-0.2, -0.15) is 0 Å². The average molecular weight is 168 g/mol. The van der Waals surface area contributed by atoms with Crippen LogP contribution in [0.5, 0.6) is 0 Å². The van der Waals surface area contributed by atoms with E-state index in [2.05, 4.69) is 0 Å². The molecule has 0 aliphatic carbocycles. The molecule has 1 heterocycles. The Labute approximate surface area is 61.6 Å². The fourth-order valence-electron chi connectivity index (χ4n) is 0.421. The lowest BCUT2D eigenvalue weighted by molar-refractivity contribution is 0.455. The molecule has 0 aromatic heterocycles. The molecule has 4 heteroatoms. The molecule has 0 spiro atoms. The van der Waals surface area contributed by atoms with Crippen LogP contribution in [0.4, 0.5) is 4.39 Å². The SMILES string of the molecule is CC1SC(=S)SC1F. The van der Waals surface area contributed by atoms with Gasteiger partial charge in [0.1, 0.15) is 3.53 Å². The van der Waals surface area contributed by atoms with E-state index >= 15 is 0 Å². The summed E-state index contributed by atoms with van der Waals surface area (Å²) >= 11 is 7.36. The Kier molecular flexibility index (Phi) is 2.17. The number of thioether (sulfide) groups is 2. The van der Waals surface area contributed by atoms with E-state index < -0.39 is 5.50 Å². The summed E-state index contributed by atoms with van der Waals surface area (Å²) in [4.78, 5) is 0. The summed E-state index contributed by atoms with van der Waals surface area (Å²) in [7, 11) is 0. The van der Waals surface area contributed by atoms with Crippen molar-refractivity contribution >= 4 is 39.3 Å². The Morgan fingerprint density at radius 2 is 2.25 bits per heavy atom. The molecule has 2 atom stereocenters. The van der Waals surface area contributed by atoms with Crippen LogP contribution in [-0.2, 0) is 0 Å². The highest BCUT2D eigenvalue weighted by molar-refractivity contribution is 8.49. The molecule has 1 rings (SSSR count). The Balaban J connectivity index is 2.51. The Morgan fingerprint density at radius 3 is 2.38 bits per heavy atom. The van der Waals surface area contributed by atoms with Crippen molar-refractivity contribution in [3.63, 3.8) is 0 Å². The molecule has 0 nitrogen and oxygen atoms in total. The largest absolute Gasteiger partial charge is 0.234 e. The van der Waals surface area contributed by atoms with E-state index in [-0.39, 0.29) is 5.25 Å². The number of alkyl halides is 1. The monoisotopic (exact) mass is 168 g/mol. The average Bonchev–Trinajstić information content (AvgIpc) is 1.85. The van der Waals surface area contributed by atoms with Gasteiger partial charge in [-0.05, 0) is 6.92 Å². The topological polar surface area (TPSA) is 0 Å². The van der Waals surface area contributed by atoms with E-state index in [4.69, 9.17) is 12.2 Å².